The molecule has 1 aromatic heterocycles. The first kappa shape index (κ1) is 13.9. The van der Waals surface area contributed by atoms with Crippen molar-refractivity contribution in [3.63, 3.8) is 0 Å². The van der Waals surface area contributed by atoms with Gasteiger partial charge in [0.25, 0.3) is 0 Å². The normalized spacial score (nSPS) is 10.7. The van der Waals surface area contributed by atoms with Gasteiger partial charge in [-0.15, -0.1) is 0 Å². The van der Waals surface area contributed by atoms with Crippen LogP contribution in [0.15, 0.2) is 53.2 Å². The molecule has 0 saturated heterocycles. The van der Waals surface area contributed by atoms with Crippen molar-refractivity contribution >= 4 is 17.7 Å². The summed E-state index contributed by atoms with van der Waals surface area (Å²) < 4.78 is 10.3. The van der Waals surface area contributed by atoms with Gasteiger partial charge < -0.3 is 14.5 Å². The zero-order valence-corrected chi connectivity index (χ0v) is 11.3. The average Bonchev–Trinajstić information content (AvgIpc) is 2.98. The van der Waals surface area contributed by atoms with Crippen LogP contribution in [0, 0.1) is 0 Å². The summed E-state index contributed by atoms with van der Waals surface area (Å²) in [7, 11) is 0. The fourth-order valence-electron chi connectivity index (χ4n) is 1.60. The molecule has 0 unspecified atom stereocenters. The lowest BCUT2D eigenvalue weighted by Gasteiger charge is -2.05. The number of ether oxygens (including phenoxy) is 1. The van der Waals surface area contributed by atoms with Crippen LogP contribution in [0.1, 0.15) is 19.1 Å². The topological polar surface area (TPSA) is 51.5 Å². The van der Waals surface area contributed by atoms with Gasteiger partial charge in [0, 0.05) is 18.3 Å². The molecule has 4 nitrogen and oxygen atoms in total. The number of esters is 1. The maximum Gasteiger partial charge on any atom is 0.336 e. The average molecular weight is 271 g/mol. The van der Waals surface area contributed by atoms with Gasteiger partial charge in [-0.2, -0.15) is 0 Å². The Bertz CT molecular complexity index is 556. The molecule has 0 aliphatic carbocycles. The smallest absolute Gasteiger partial charge is 0.336 e. The molecule has 0 atom stereocenters. The van der Waals surface area contributed by atoms with Crippen molar-refractivity contribution in [2.75, 3.05) is 11.9 Å². The Labute approximate surface area is 118 Å². The Balaban J connectivity index is 1.87. The lowest BCUT2D eigenvalue weighted by atomic mass is 10.3. The SMILES string of the molecule is CCCNc1ccc(OC(=O)/C=C/c2ccco2)cc1. The molecule has 2 aromatic rings. The summed E-state index contributed by atoms with van der Waals surface area (Å²) in [5.41, 5.74) is 1.01. The predicted molar refractivity (Wildman–Crippen MR) is 78.6 cm³/mol. The summed E-state index contributed by atoms with van der Waals surface area (Å²) in [6.07, 6.45) is 5.52. The van der Waals surface area contributed by atoms with Crippen LogP contribution in [0.2, 0.25) is 0 Å². The van der Waals surface area contributed by atoms with E-state index in [2.05, 4.69) is 12.2 Å². The molecule has 4 heteroatoms. The van der Waals surface area contributed by atoms with Gasteiger partial charge in [0.2, 0.25) is 0 Å². The third-order valence-electron chi connectivity index (χ3n) is 2.58. The number of anilines is 1. The summed E-state index contributed by atoms with van der Waals surface area (Å²) in [6.45, 7) is 3.03. The monoisotopic (exact) mass is 271 g/mol. The van der Waals surface area contributed by atoms with Gasteiger partial charge in [-0.05, 0) is 48.9 Å². The summed E-state index contributed by atoms with van der Waals surface area (Å²) in [5, 5.41) is 3.25. The minimum atomic E-state index is -0.435. The zero-order valence-electron chi connectivity index (χ0n) is 11.3. The van der Waals surface area contributed by atoms with Crippen LogP contribution in [0.25, 0.3) is 6.08 Å². The van der Waals surface area contributed by atoms with E-state index in [9.17, 15) is 4.79 Å². The zero-order chi connectivity index (χ0) is 14.2. The highest BCUT2D eigenvalue weighted by atomic mass is 16.5. The second kappa shape index (κ2) is 7.19. The first-order valence-corrected chi connectivity index (χ1v) is 6.55. The van der Waals surface area contributed by atoms with Crippen LogP contribution in [0.5, 0.6) is 5.75 Å². The lowest BCUT2D eigenvalue weighted by Crippen LogP contribution is -2.04. The van der Waals surface area contributed by atoms with Crippen molar-refractivity contribution in [1.82, 2.24) is 0 Å². The van der Waals surface area contributed by atoms with Crippen LogP contribution in [-0.4, -0.2) is 12.5 Å². The van der Waals surface area contributed by atoms with E-state index in [0.29, 0.717) is 11.5 Å². The highest BCUT2D eigenvalue weighted by Gasteiger charge is 2.01. The van der Waals surface area contributed by atoms with Crippen LogP contribution in [0.3, 0.4) is 0 Å². The minimum Gasteiger partial charge on any atom is -0.465 e. The highest BCUT2D eigenvalue weighted by Crippen LogP contribution is 2.16. The third-order valence-corrected chi connectivity index (χ3v) is 2.58. The highest BCUT2D eigenvalue weighted by molar-refractivity contribution is 5.88. The number of nitrogens with one attached hydrogen (secondary N) is 1. The van der Waals surface area contributed by atoms with Crippen molar-refractivity contribution in [3.8, 4) is 5.75 Å². The molecule has 0 fully saturated rings. The van der Waals surface area contributed by atoms with Crippen LogP contribution in [0.4, 0.5) is 5.69 Å². The molecule has 104 valence electrons. The molecule has 0 bridgehead atoms. The number of benzene rings is 1. The molecule has 0 radical (unpaired) electrons. The maximum absolute atomic E-state index is 11.6. The van der Waals surface area contributed by atoms with Crippen molar-refractivity contribution in [1.29, 1.82) is 0 Å². The van der Waals surface area contributed by atoms with Crippen LogP contribution >= 0.6 is 0 Å². The molecule has 1 heterocycles. The van der Waals surface area contributed by atoms with Gasteiger partial charge in [-0.3, -0.25) is 0 Å². The van der Waals surface area contributed by atoms with Gasteiger partial charge in [0.15, 0.2) is 0 Å². The second-order valence-corrected chi connectivity index (χ2v) is 4.22. The van der Waals surface area contributed by atoms with E-state index < -0.39 is 5.97 Å². The standard InChI is InChI=1S/C16H17NO3/c1-2-11-17-13-5-7-15(8-6-13)20-16(18)10-9-14-4-3-12-19-14/h3-10,12,17H,2,11H2,1H3/b10-9+. The molecule has 20 heavy (non-hydrogen) atoms. The second-order valence-electron chi connectivity index (χ2n) is 4.22. The lowest BCUT2D eigenvalue weighted by molar-refractivity contribution is -0.128. The molecule has 1 aromatic carbocycles. The van der Waals surface area contributed by atoms with E-state index in [1.165, 1.54) is 6.08 Å². The van der Waals surface area contributed by atoms with Crippen molar-refractivity contribution in [3.05, 3.63) is 54.5 Å². The van der Waals surface area contributed by atoms with Crippen LogP contribution in [-0.2, 0) is 4.79 Å². The fourth-order valence-corrected chi connectivity index (χ4v) is 1.60. The maximum atomic E-state index is 11.6. The van der Waals surface area contributed by atoms with Crippen molar-refractivity contribution < 1.29 is 13.9 Å². The summed E-state index contributed by atoms with van der Waals surface area (Å²) in [4.78, 5) is 11.6. The number of carbonyl (C=O) groups excluding carboxylic acids is 1. The van der Waals surface area contributed by atoms with Gasteiger partial charge >= 0.3 is 5.97 Å². The van der Waals surface area contributed by atoms with Gasteiger partial charge in [-0.25, -0.2) is 4.79 Å². The summed E-state index contributed by atoms with van der Waals surface area (Å²) >= 11 is 0. The van der Waals surface area contributed by atoms with E-state index in [4.69, 9.17) is 9.15 Å². The molecular weight excluding hydrogens is 254 g/mol. The van der Waals surface area contributed by atoms with Gasteiger partial charge in [-0.1, -0.05) is 6.92 Å². The van der Waals surface area contributed by atoms with E-state index in [0.717, 1.165) is 18.7 Å². The van der Waals surface area contributed by atoms with Gasteiger partial charge in [0.05, 0.1) is 6.26 Å². The first-order valence-electron chi connectivity index (χ1n) is 6.55. The molecular formula is C16H17NO3. The largest absolute Gasteiger partial charge is 0.465 e. The van der Waals surface area contributed by atoms with Crippen molar-refractivity contribution in [2.24, 2.45) is 0 Å². The van der Waals surface area contributed by atoms with Crippen LogP contribution < -0.4 is 10.1 Å². The van der Waals surface area contributed by atoms with E-state index >= 15 is 0 Å². The van der Waals surface area contributed by atoms with Gasteiger partial charge in [0.1, 0.15) is 11.5 Å². The minimum absolute atomic E-state index is 0.435. The molecule has 0 aliphatic heterocycles. The quantitative estimate of drug-likeness (QED) is 0.494. The molecule has 0 amide bonds. The predicted octanol–water partition coefficient (Wildman–Crippen LogP) is 3.72. The summed E-state index contributed by atoms with van der Waals surface area (Å²) in [6, 6.07) is 10.8. The van der Waals surface area contributed by atoms with Crippen molar-refractivity contribution in [2.45, 2.75) is 13.3 Å². The number of rotatable bonds is 6. The number of hydrogen-bond donors (Lipinski definition) is 1. The molecule has 0 spiro atoms. The molecule has 0 saturated carbocycles. The van der Waals surface area contributed by atoms with E-state index in [-0.39, 0.29) is 0 Å². The Hall–Kier alpha value is -2.49. The summed E-state index contributed by atoms with van der Waals surface area (Å²) in [5.74, 6) is 0.692. The molecule has 1 N–H and O–H groups in total. The van der Waals surface area contributed by atoms with E-state index in [1.807, 2.05) is 12.1 Å². The Morgan fingerprint density at radius 2 is 2.10 bits per heavy atom. The first-order chi connectivity index (χ1) is 9.78. The Morgan fingerprint density at radius 1 is 1.30 bits per heavy atom. The number of carbonyl (C=O) groups is 1. The Kier molecular flexibility index (Phi) is 5.00. The number of hydrogen-bond acceptors (Lipinski definition) is 4. The fraction of sp³-hybridized carbons (Fsp3) is 0.188. The van der Waals surface area contributed by atoms with E-state index in [1.54, 1.807) is 36.6 Å². The Morgan fingerprint density at radius 3 is 2.75 bits per heavy atom. The third kappa shape index (κ3) is 4.31. The molecule has 0 aliphatic rings. The molecule has 2 rings (SSSR count). The number of furan rings is 1.